The molecule has 0 saturated carbocycles. The van der Waals surface area contributed by atoms with E-state index in [1.165, 1.54) is 12.1 Å². The van der Waals surface area contributed by atoms with Crippen LogP contribution in [0.2, 0.25) is 0 Å². The maximum atomic E-state index is 12.0. The van der Waals surface area contributed by atoms with Crippen LogP contribution in [0.3, 0.4) is 0 Å². The minimum Gasteiger partial charge on any atom is -0.272 e. The lowest BCUT2D eigenvalue weighted by Crippen LogP contribution is -2.47. The second-order valence-corrected chi connectivity index (χ2v) is 4.17. The van der Waals surface area contributed by atoms with Crippen LogP contribution in [0.5, 0.6) is 0 Å². The van der Waals surface area contributed by atoms with Gasteiger partial charge in [-0.1, -0.05) is 12.1 Å². The van der Waals surface area contributed by atoms with Gasteiger partial charge in [-0.25, -0.2) is 0 Å². The molecule has 1 aliphatic heterocycles. The first-order valence-electron chi connectivity index (χ1n) is 5.94. The highest BCUT2D eigenvalue weighted by Gasteiger charge is 2.36. The average molecular weight is 286 g/mol. The van der Waals surface area contributed by atoms with Gasteiger partial charge in [0.05, 0.1) is 17.2 Å². The highest BCUT2D eigenvalue weighted by molar-refractivity contribution is 6.22. The van der Waals surface area contributed by atoms with Gasteiger partial charge in [0.15, 0.2) is 0 Å². The number of rotatable bonds is 3. The Hall–Kier alpha value is -3.21. The van der Waals surface area contributed by atoms with Crippen LogP contribution >= 0.6 is 0 Å². The summed E-state index contributed by atoms with van der Waals surface area (Å²) in [4.78, 5) is 47.3. The zero-order chi connectivity index (χ0) is 15.4. The smallest absolute Gasteiger partial charge is 0.262 e. The van der Waals surface area contributed by atoms with Crippen LogP contribution < -0.4 is 10.9 Å². The van der Waals surface area contributed by atoms with E-state index >= 15 is 0 Å². The summed E-state index contributed by atoms with van der Waals surface area (Å²) >= 11 is 0. The molecule has 2 rings (SSSR count). The van der Waals surface area contributed by atoms with E-state index in [1.54, 1.807) is 18.2 Å². The molecular weight excluding hydrogens is 276 g/mol. The lowest BCUT2D eigenvalue weighted by atomic mass is 10.1. The molecule has 0 saturated heterocycles. The van der Waals surface area contributed by atoms with Crippen LogP contribution in [-0.2, 0) is 9.59 Å². The van der Waals surface area contributed by atoms with E-state index in [4.69, 9.17) is 5.26 Å². The number of imide groups is 1. The standard InChI is InChI=1S/C13H10N4O4/c14-6-5-10(18)15-16-11(19)7-17-12(20)8-3-1-2-4-9(8)13(17)21/h1-4H,5,7H2,(H,15,18)(H,16,19). The summed E-state index contributed by atoms with van der Waals surface area (Å²) < 4.78 is 0. The van der Waals surface area contributed by atoms with E-state index < -0.39 is 36.6 Å². The molecule has 4 amide bonds. The fourth-order valence-corrected chi connectivity index (χ4v) is 1.82. The number of nitriles is 1. The number of nitrogens with zero attached hydrogens (tertiary/aromatic N) is 2. The molecule has 1 heterocycles. The minimum atomic E-state index is -0.740. The first-order chi connectivity index (χ1) is 10.0. The van der Waals surface area contributed by atoms with Crippen molar-refractivity contribution in [2.24, 2.45) is 0 Å². The average Bonchev–Trinajstić information content (AvgIpc) is 2.71. The van der Waals surface area contributed by atoms with Crippen LogP contribution in [0.4, 0.5) is 0 Å². The lowest BCUT2D eigenvalue weighted by Gasteiger charge is -2.13. The van der Waals surface area contributed by atoms with Gasteiger partial charge in [0.25, 0.3) is 23.6 Å². The summed E-state index contributed by atoms with van der Waals surface area (Å²) in [7, 11) is 0. The van der Waals surface area contributed by atoms with Crippen molar-refractivity contribution in [2.45, 2.75) is 6.42 Å². The van der Waals surface area contributed by atoms with Gasteiger partial charge in [0.2, 0.25) is 0 Å². The summed E-state index contributed by atoms with van der Waals surface area (Å²) in [6, 6.07) is 7.85. The molecule has 8 heteroatoms. The number of amides is 4. The Kier molecular flexibility index (Phi) is 3.95. The summed E-state index contributed by atoms with van der Waals surface area (Å²) in [5.41, 5.74) is 4.50. The lowest BCUT2D eigenvalue weighted by molar-refractivity contribution is -0.128. The van der Waals surface area contributed by atoms with Gasteiger partial charge in [-0.3, -0.25) is 34.9 Å². The molecule has 0 aliphatic carbocycles. The number of hydrogen-bond acceptors (Lipinski definition) is 5. The zero-order valence-electron chi connectivity index (χ0n) is 10.8. The van der Waals surface area contributed by atoms with E-state index in [2.05, 4.69) is 0 Å². The third kappa shape index (κ3) is 2.87. The van der Waals surface area contributed by atoms with E-state index in [0.717, 1.165) is 4.90 Å². The molecule has 2 N–H and O–H groups in total. The Morgan fingerprint density at radius 1 is 1.05 bits per heavy atom. The summed E-state index contributed by atoms with van der Waals surface area (Å²) in [6.07, 6.45) is -0.409. The van der Waals surface area contributed by atoms with Gasteiger partial charge in [0.1, 0.15) is 13.0 Å². The third-order valence-corrected chi connectivity index (χ3v) is 2.76. The number of nitrogens with one attached hydrogen (secondary N) is 2. The molecule has 0 unspecified atom stereocenters. The second-order valence-electron chi connectivity index (χ2n) is 4.17. The first-order valence-corrected chi connectivity index (χ1v) is 5.94. The monoisotopic (exact) mass is 286 g/mol. The number of benzene rings is 1. The van der Waals surface area contributed by atoms with Gasteiger partial charge in [-0.05, 0) is 12.1 Å². The molecule has 8 nitrogen and oxygen atoms in total. The van der Waals surface area contributed by atoms with Crippen LogP contribution in [0.15, 0.2) is 24.3 Å². The third-order valence-electron chi connectivity index (χ3n) is 2.76. The number of carbonyl (C=O) groups is 4. The van der Waals surface area contributed by atoms with Crippen molar-refractivity contribution in [1.29, 1.82) is 5.26 Å². The van der Waals surface area contributed by atoms with Crippen LogP contribution in [0.1, 0.15) is 27.1 Å². The molecule has 0 bridgehead atoms. The predicted molar refractivity (Wildman–Crippen MR) is 68.3 cm³/mol. The molecule has 21 heavy (non-hydrogen) atoms. The quantitative estimate of drug-likeness (QED) is 0.565. The largest absolute Gasteiger partial charge is 0.272 e. The SMILES string of the molecule is N#CCC(=O)NNC(=O)CN1C(=O)c2ccccc2C1=O. The van der Waals surface area contributed by atoms with Crippen LogP contribution in [0, 0.1) is 11.3 Å². The second kappa shape index (κ2) is 5.83. The van der Waals surface area contributed by atoms with Crippen molar-refractivity contribution in [2.75, 3.05) is 6.54 Å². The predicted octanol–water partition coefficient (Wildman–Crippen LogP) is -0.656. The Morgan fingerprint density at radius 2 is 1.57 bits per heavy atom. The molecule has 1 aliphatic rings. The van der Waals surface area contributed by atoms with Crippen molar-refractivity contribution in [3.05, 3.63) is 35.4 Å². The number of hydrazine groups is 1. The summed E-state index contributed by atoms with van der Waals surface area (Å²) in [5, 5.41) is 8.28. The molecule has 0 fully saturated rings. The molecule has 0 radical (unpaired) electrons. The van der Waals surface area contributed by atoms with Crippen LogP contribution in [0.25, 0.3) is 0 Å². The highest BCUT2D eigenvalue weighted by Crippen LogP contribution is 2.21. The Balaban J connectivity index is 1.97. The number of hydrogen-bond donors (Lipinski definition) is 2. The zero-order valence-corrected chi connectivity index (χ0v) is 10.8. The minimum absolute atomic E-state index is 0.240. The molecule has 0 spiro atoms. The van der Waals surface area contributed by atoms with Gasteiger partial charge >= 0.3 is 0 Å². The number of carbonyl (C=O) groups excluding carboxylic acids is 4. The first kappa shape index (κ1) is 14.2. The Bertz CT molecular complexity index is 642. The van der Waals surface area contributed by atoms with Gasteiger partial charge in [-0.2, -0.15) is 5.26 Å². The maximum Gasteiger partial charge on any atom is 0.262 e. The number of fused-ring (bicyclic) bond motifs is 1. The van der Waals surface area contributed by atoms with Crippen molar-refractivity contribution < 1.29 is 19.2 Å². The Labute approximate surface area is 119 Å². The van der Waals surface area contributed by atoms with Gasteiger partial charge < -0.3 is 0 Å². The van der Waals surface area contributed by atoms with E-state index in [9.17, 15) is 19.2 Å². The van der Waals surface area contributed by atoms with E-state index in [1.807, 2.05) is 10.9 Å². The molecule has 0 atom stereocenters. The van der Waals surface area contributed by atoms with Gasteiger partial charge in [-0.15, -0.1) is 0 Å². The van der Waals surface area contributed by atoms with Gasteiger partial charge in [0, 0.05) is 0 Å². The fraction of sp³-hybridized carbons (Fsp3) is 0.154. The maximum absolute atomic E-state index is 12.0. The Morgan fingerprint density at radius 3 is 2.10 bits per heavy atom. The molecule has 1 aromatic carbocycles. The van der Waals surface area contributed by atoms with Crippen molar-refractivity contribution in [1.82, 2.24) is 15.8 Å². The summed E-state index contributed by atoms with van der Waals surface area (Å²) in [5.74, 6) is -2.55. The van der Waals surface area contributed by atoms with Crippen molar-refractivity contribution >= 4 is 23.6 Å². The van der Waals surface area contributed by atoms with Crippen LogP contribution in [-0.4, -0.2) is 35.1 Å². The van der Waals surface area contributed by atoms with Crippen molar-refractivity contribution in [3.63, 3.8) is 0 Å². The normalized spacial score (nSPS) is 12.6. The summed E-state index contributed by atoms with van der Waals surface area (Å²) in [6.45, 7) is -0.515. The van der Waals surface area contributed by atoms with Crippen molar-refractivity contribution in [3.8, 4) is 6.07 Å². The molecule has 106 valence electrons. The van der Waals surface area contributed by atoms with E-state index in [0.29, 0.717) is 0 Å². The van der Waals surface area contributed by atoms with E-state index in [-0.39, 0.29) is 11.1 Å². The topological polar surface area (TPSA) is 119 Å². The molecule has 1 aromatic rings. The molecular formula is C13H10N4O4. The highest BCUT2D eigenvalue weighted by atomic mass is 16.2. The molecule has 0 aromatic heterocycles. The fourth-order valence-electron chi connectivity index (χ4n) is 1.82.